The van der Waals surface area contributed by atoms with Gasteiger partial charge in [-0.15, -0.1) is 0 Å². The van der Waals surface area contributed by atoms with E-state index in [9.17, 15) is 10.1 Å². The predicted octanol–water partition coefficient (Wildman–Crippen LogP) is 2.10. The topological polar surface area (TPSA) is 107 Å². The Labute approximate surface area is 116 Å². The van der Waals surface area contributed by atoms with Gasteiger partial charge in [-0.05, 0) is 22.9 Å². The van der Waals surface area contributed by atoms with E-state index in [-0.39, 0.29) is 5.69 Å². The van der Waals surface area contributed by atoms with Gasteiger partial charge in [0.15, 0.2) is 5.82 Å². The second-order valence-corrected chi connectivity index (χ2v) is 4.55. The Hall–Kier alpha value is -2.03. The number of halogens is 1. The molecule has 0 unspecified atom stereocenters. The van der Waals surface area contributed by atoms with E-state index in [1.807, 2.05) is 0 Å². The molecular formula is C10H10BrN5O3. The van der Waals surface area contributed by atoms with Crippen LogP contribution in [0.15, 0.2) is 21.3 Å². The van der Waals surface area contributed by atoms with Crippen molar-refractivity contribution in [1.29, 1.82) is 0 Å². The first-order valence-electron chi connectivity index (χ1n) is 5.39. The van der Waals surface area contributed by atoms with Crippen LogP contribution < -0.4 is 5.32 Å². The molecule has 2 aromatic heterocycles. The van der Waals surface area contributed by atoms with Gasteiger partial charge in [-0.3, -0.25) is 10.1 Å². The molecule has 0 aliphatic rings. The minimum atomic E-state index is -0.497. The maximum absolute atomic E-state index is 10.6. The summed E-state index contributed by atoms with van der Waals surface area (Å²) in [5.74, 6) is 1.65. The maximum atomic E-state index is 10.6. The molecule has 0 bridgehead atoms. The van der Waals surface area contributed by atoms with E-state index in [1.165, 1.54) is 12.3 Å². The molecule has 0 aliphatic heterocycles. The summed E-state index contributed by atoms with van der Waals surface area (Å²) in [5, 5.41) is 17.3. The van der Waals surface area contributed by atoms with Gasteiger partial charge >= 0.3 is 0 Å². The Morgan fingerprint density at radius 2 is 2.37 bits per heavy atom. The summed E-state index contributed by atoms with van der Waals surface area (Å²) >= 11 is 3.23. The molecule has 9 heteroatoms. The molecule has 8 nitrogen and oxygen atoms in total. The van der Waals surface area contributed by atoms with Crippen molar-refractivity contribution < 1.29 is 9.45 Å². The summed E-state index contributed by atoms with van der Waals surface area (Å²) in [6.45, 7) is 2.28. The lowest BCUT2D eigenvalue weighted by atomic mass is 10.4. The largest absolute Gasteiger partial charge is 0.369 e. The molecule has 0 fully saturated rings. The Morgan fingerprint density at radius 3 is 2.95 bits per heavy atom. The highest BCUT2D eigenvalue weighted by atomic mass is 79.9. The van der Waals surface area contributed by atoms with Crippen molar-refractivity contribution in [3.63, 3.8) is 0 Å². The summed E-state index contributed by atoms with van der Waals surface area (Å²) < 4.78 is 5.49. The van der Waals surface area contributed by atoms with Gasteiger partial charge in [-0.1, -0.05) is 5.16 Å². The minimum Gasteiger partial charge on any atom is -0.369 e. The third kappa shape index (κ3) is 3.47. The second-order valence-electron chi connectivity index (χ2n) is 3.69. The lowest BCUT2D eigenvalue weighted by Gasteiger charge is -2.05. The zero-order valence-electron chi connectivity index (χ0n) is 9.96. The van der Waals surface area contributed by atoms with E-state index in [4.69, 9.17) is 4.52 Å². The van der Waals surface area contributed by atoms with E-state index < -0.39 is 4.92 Å². The molecule has 0 radical (unpaired) electrons. The third-order valence-corrected chi connectivity index (χ3v) is 2.84. The molecule has 0 saturated carbocycles. The van der Waals surface area contributed by atoms with Crippen LogP contribution in [-0.4, -0.2) is 26.6 Å². The number of pyridine rings is 1. The summed E-state index contributed by atoms with van der Waals surface area (Å²) in [4.78, 5) is 18.1. The van der Waals surface area contributed by atoms with Crippen molar-refractivity contribution in [3.8, 4) is 0 Å². The Bertz CT molecular complexity index is 601. The predicted molar refractivity (Wildman–Crippen MR) is 69.8 cm³/mol. The fraction of sp³-hybridized carbons (Fsp3) is 0.300. The van der Waals surface area contributed by atoms with Crippen molar-refractivity contribution >= 4 is 27.4 Å². The van der Waals surface area contributed by atoms with Crippen LogP contribution in [0.3, 0.4) is 0 Å². The molecule has 0 aliphatic carbocycles. The number of aromatic nitrogens is 3. The fourth-order valence-electron chi connectivity index (χ4n) is 1.39. The van der Waals surface area contributed by atoms with Crippen LogP contribution in [0.25, 0.3) is 0 Å². The summed E-state index contributed by atoms with van der Waals surface area (Å²) in [7, 11) is 0. The van der Waals surface area contributed by atoms with Gasteiger partial charge in [0.25, 0.3) is 5.69 Å². The van der Waals surface area contributed by atoms with Gasteiger partial charge in [-0.25, -0.2) is 4.98 Å². The summed E-state index contributed by atoms with van der Waals surface area (Å²) in [6.07, 6.45) is 1.75. The molecule has 0 amide bonds. The molecule has 100 valence electrons. The molecular weight excluding hydrogens is 318 g/mol. The third-order valence-electron chi connectivity index (χ3n) is 2.24. The first-order valence-corrected chi connectivity index (χ1v) is 6.18. The second kappa shape index (κ2) is 5.74. The van der Waals surface area contributed by atoms with E-state index in [1.54, 1.807) is 6.92 Å². The van der Waals surface area contributed by atoms with Crippen LogP contribution >= 0.6 is 15.9 Å². The van der Waals surface area contributed by atoms with Gasteiger partial charge in [-0.2, -0.15) is 4.98 Å². The Morgan fingerprint density at radius 1 is 1.58 bits per heavy atom. The van der Waals surface area contributed by atoms with E-state index in [0.717, 1.165) is 0 Å². The van der Waals surface area contributed by atoms with Crippen molar-refractivity contribution in [3.05, 3.63) is 38.6 Å². The van der Waals surface area contributed by atoms with Crippen molar-refractivity contribution in [2.24, 2.45) is 0 Å². The molecule has 2 rings (SSSR count). The van der Waals surface area contributed by atoms with Crippen LogP contribution in [0.1, 0.15) is 11.7 Å². The first-order chi connectivity index (χ1) is 9.06. The zero-order valence-corrected chi connectivity index (χ0v) is 11.5. The van der Waals surface area contributed by atoms with Gasteiger partial charge in [0.2, 0.25) is 5.89 Å². The van der Waals surface area contributed by atoms with Gasteiger partial charge in [0, 0.05) is 19.0 Å². The monoisotopic (exact) mass is 327 g/mol. The number of anilines is 1. The van der Waals surface area contributed by atoms with Crippen LogP contribution in [0.5, 0.6) is 0 Å². The molecule has 0 spiro atoms. The highest BCUT2D eigenvalue weighted by Gasteiger charge is 2.10. The molecule has 2 heterocycles. The normalized spacial score (nSPS) is 10.4. The van der Waals surface area contributed by atoms with Crippen molar-refractivity contribution in [1.82, 2.24) is 15.1 Å². The first kappa shape index (κ1) is 13.4. The number of nitro groups is 1. The number of nitrogens with zero attached hydrogens (tertiary/aromatic N) is 4. The molecule has 1 N–H and O–H groups in total. The highest BCUT2D eigenvalue weighted by molar-refractivity contribution is 9.10. The number of aryl methyl sites for hydroxylation is 1. The van der Waals surface area contributed by atoms with E-state index >= 15 is 0 Å². The van der Waals surface area contributed by atoms with Crippen LogP contribution in [0, 0.1) is 17.0 Å². The standard InChI is InChI=1S/C10H10BrN5O3/c1-6-14-9(19-15-6)2-3-12-10-8(11)4-7(5-13-10)16(17)18/h4-5H,2-3H2,1H3,(H,12,13). The Balaban J connectivity index is 1.94. The van der Waals surface area contributed by atoms with Crippen molar-refractivity contribution in [2.75, 3.05) is 11.9 Å². The minimum absolute atomic E-state index is 0.0649. The molecule has 2 aromatic rings. The van der Waals surface area contributed by atoms with Gasteiger partial charge in [0.1, 0.15) is 12.0 Å². The van der Waals surface area contributed by atoms with Gasteiger partial charge in [0.05, 0.1) is 9.40 Å². The molecule has 0 aromatic carbocycles. The quantitative estimate of drug-likeness (QED) is 0.661. The van der Waals surface area contributed by atoms with Crippen LogP contribution in [-0.2, 0) is 6.42 Å². The molecule has 19 heavy (non-hydrogen) atoms. The lowest BCUT2D eigenvalue weighted by molar-refractivity contribution is -0.385. The number of hydrogen-bond donors (Lipinski definition) is 1. The van der Waals surface area contributed by atoms with Crippen LogP contribution in [0.2, 0.25) is 0 Å². The number of hydrogen-bond acceptors (Lipinski definition) is 7. The fourth-order valence-corrected chi connectivity index (χ4v) is 1.86. The van der Waals surface area contributed by atoms with Gasteiger partial charge < -0.3 is 9.84 Å². The lowest BCUT2D eigenvalue weighted by Crippen LogP contribution is -2.07. The summed E-state index contributed by atoms with van der Waals surface area (Å²) in [6, 6.07) is 1.40. The van der Waals surface area contributed by atoms with E-state index in [2.05, 4.69) is 36.4 Å². The molecule has 0 atom stereocenters. The average Bonchev–Trinajstić information content (AvgIpc) is 2.77. The SMILES string of the molecule is Cc1noc(CCNc2ncc([N+](=O)[O-])cc2Br)n1. The number of nitrogens with one attached hydrogen (secondary N) is 1. The average molecular weight is 328 g/mol. The van der Waals surface area contributed by atoms with Crippen molar-refractivity contribution in [2.45, 2.75) is 13.3 Å². The molecule has 0 saturated heterocycles. The number of rotatable bonds is 5. The van der Waals surface area contributed by atoms with E-state index in [0.29, 0.717) is 35.0 Å². The maximum Gasteiger partial charge on any atom is 0.288 e. The smallest absolute Gasteiger partial charge is 0.288 e. The Kier molecular flexibility index (Phi) is 4.05. The summed E-state index contributed by atoms with van der Waals surface area (Å²) in [5.41, 5.74) is -0.0649. The van der Waals surface area contributed by atoms with Crippen LogP contribution in [0.4, 0.5) is 11.5 Å². The zero-order chi connectivity index (χ0) is 13.8. The highest BCUT2D eigenvalue weighted by Crippen LogP contribution is 2.24.